The van der Waals surface area contributed by atoms with Crippen molar-refractivity contribution in [3.8, 4) is 5.75 Å². The van der Waals surface area contributed by atoms with Crippen LogP contribution >= 0.6 is 0 Å². The van der Waals surface area contributed by atoms with Gasteiger partial charge in [0.05, 0.1) is 13.2 Å². The molecule has 0 aliphatic heterocycles. The van der Waals surface area contributed by atoms with Gasteiger partial charge in [0, 0.05) is 11.8 Å². The third kappa shape index (κ3) is 4.22. The first kappa shape index (κ1) is 15.4. The Morgan fingerprint density at radius 2 is 1.90 bits per heavy atom. The van der Waals surface area contributed by atoms with Crippen LogP contribution in [0.15, 0.2) is 48.5 Å². The third-order valence-electron chi connectivity index (χ3n) is 3.54. The summed E-state index contributed by atoms with van der Waals surface area (Å²) in [6.07, 6.45) is 3.34. The minimum atomic E-state index is -0.340. The zero-order chi connectivity index (χ0) is 15.1. The quantitative estimate of drug-likeness (QED) is 0.757. The predicted molar refractivity (Wildman–Crippen MR) is 85.3 cm³/mol. The van der Waals surface area contributed by atoms with E-state index in [1.807, 2.05) is 18.2 Å². The molecular weight excluding hydrogens is 265 g/mol. The highest BCUT2D eigenvalue weighted by molar-refractivity contribution is 5.50. The van der Waals surface area contributed by atoms with Gasteiger partial charge < -0.3 is 10.1 Å². The molecule has 2 aromatic carbocycles. The Morgan fingerprint density at radius 3 is 2.57 bits per heavy atom. The van der Waals surface area contributed by atoms with E-state index in [0.717, 1.165) is 24.9 Å². The van der Waals surface area contributed by atoms with Crippen LogP contribution in [0, 0.1) is 5.82 Å². The van der Waals surface area contributed by atoms with E-state index >= 15 is 0 Å². The molecule has 0 radical (unpaired) electrons. The Kier molecular flexibility index (Phi) is 5.61. The molecule has 0 aromatic heterocycles. The molecule has 0 saturated heterocycles. The van der Waals surface area contributed by atoms with Gasteiger partial charge >= 0.3 is 0 Å². The van der Waals surface area contributed by atoms with Crippen molar-refractivity contribution in [2.45, 2.75) is 32.2 Å². The van der Waals surface area contributed by atoms with Crippen LogP contribution in [0.4, 0.5) is 10.1 Å². The highest BCUT2D eigenvalue weighted by atomic mass is 19.1. The fraction of sp³-hybridized carbons (Fsp3) is 0.333. The zero-order valence-corrected chi connectivity index (χ0v) is 12.6. The molecule has 0 aliphatic carbocycles. The molecule has 0 fully saturated rings. The van der Waals surface area contributed by atoms with Crippen LogP contribution in [0.1, 0.15) is 37.8 Å². The minimum Gasteiger partial charge on any atom is -0.494 e. The first-order chi connectivity index (χ1) is 10.2. The van der Waals surface area contributed by atoms with Crippen LogP contribution in [-0.4, -0.2) is 7.11 Å². The van der Waals surface area contributed by atoms with Crippen LogP contribution in [-0.2, 0) is 0 Å². The maximum absolute atomic E-state index is 13.5. The van der Waals surface area contributed by atoms with E-state index in [2.05, 4.69) is 24.4 Å². The number of methoxy groups -OCH3 is 1. The molecule has 0 heterocycles. The van der Waals surface area contributed by atoms with Gasteiger partial charge in [-0.25, -0.2) is 4.39 Å². The van der Waals surface area contributed by atoms with Crippen LogP contribution in [0.5, 0.6) is 5.75 Å². The van der Waals surface area contributed by atoms with Gasteiger partial charge in [-0.15, -0.1) is 0 Å². The Hall–Kier alpha value is -2.03. The van der Waals surface area contributed by atoms with E-state index < -0.39 is 0 Å². The van der Waals surface area contributed by atoms with Crippen LogP contribution in [0.3, 0.4) is 0 Å². The van der Waals surface area contributed by atoms with Crippen molar-refractivity contribution in [2.24, 2.45) is 0 Å². The summed E-state index contributed by atoms with van der Waals surface area (Å²) in [5, 5.41) is 3.49. The van der Waals surface area contributed by atoms with Crippen molar-refractivity contribution in [1.82, 2.24) is 0 Å². The van der Waals surface area contributed by atoms with Gasteiger partial charge in [0.25, 0.3) is 0 Å². The molecule has 1 N–H and O–H groups in total. The summed E-state index contributed by atoms with van der Waals surface area (Å²) in [5.74, 6) is -0.0739. The second kappa shape index (κ2) is 7.67. The lowest BCUT2D eigenvalue weighted by atomic mass is 10.0. The summed E-state index contributed by atoms with van der Waals surface area (Å²) in [6, 6.07) is 15.5. The minimum absolute atomic E-state index is 0.223. The standard InChI is InChI=1S/C18H22FNO/c1-3-4-10-17(14-8-6-5-7-9-14)20-15-11-12-16(19)18(13-15)21-2/h5-9,11-13,17,20H,3-4,10H2,1-2H3. The summed E-state index contributed by atoms with van der Waals surface area (Å²) < 4.78 is 18.5. The van der Waals surface area contributed by atoms with Gasteiger partial charge in [-0.3, -0.25) is 0 Å². The first-order valence-corrected chi connectivity index (χ1v) is 7.39. The molecule has 2 aromatic rings. The summed E-state index contributed by atoms with van der Waals surface area (Å²) in [4.78, 5) is 0. The average molecular weight is 287 g/mol. The number of hydrogen-bond donors (Lipinski definition) is 1. The fourth-order valence-corrected chi connectivity index (χ4v) is 2.37. The fourth-order valence-electron chi connectivity index (χ4n) is 2.37. The summed E-state index contributed by atoms with van der Waals surface area (Å²) in [5.41, 5.74) is 2.12. The number of anilines is 1. The molecule has 0 aliphatic rings. The third-order valence-corrected chi connectivity index (χ3v) is 3.54. The van der Waals surface area contributed by atoms with Gasteiger partial charge in [0.1, 0.15) is 0 Å². The summed E-state index contributed by atoms with van der Waals surface area (Å²) in [6.45, 7) is 2.18. The lowest BCUT2D eigenvalue weighted by molar-refractivity contribution is 0.386. The molecular formula is C18H22FNO. The zero-order valence-electron chi connectivity index (χ0n) is 12.6. The molecule has 2 nitrogen and oxygen atoms in total. The molecule has 1 atom stereocenters. The van der Waals surface area contributed by atoms with Gasteiger partial charge in [-0.2, -0.15) is 0 Å². The Morgan fingerprint density at radius 1 is 1.14 bits per heavy atom. The van der Waals surface area contributed by atoms with Crippen LogP contribution < -0.4 is 10.1 Å². The van der Waals surface area contributed by atoms with Crippen molar-refractivity contribution in [3.63, 3.8) is 0 Å². The molecule has 112 valence electrons. The smallest absolute Gasteiger partial charge is 0.165 e. The number of unbranched alkanes of at least 4 members (excludes halogenated alkanes) is 1. The van der Waals surface area contributed by atoms with Crippen molar-refractivity contribution in [2.75, 3.05) is 12.4 Å². The molecule has 0 amide bonds. The number of halogens is 1. The summed E-state index contributed by atoms with van der Waals surface area (Å²) in [7, 11) is 1.48. The van der Waals surface area contributed by atoms with E-state index in [1.165, 1.54) is 18.7 Å². The number of rotatable bonds is 7. The number of ether oxygens (including phenoxy) is 1. The molecule has 0 saturated carbocycles. The van der Waals surface area contributed by atoms with E-state index in [0.29, 0.717) is 0 Å². The van der Waals surface area contributed by atoms with Crippen LogP contribution in [0.25, 0.3) is 0 Å². The van der Waals surface area contributed by atoms with E-state index in [-0.39, 0.29) is 17.6 Å². The van der Waals surface area contributed by atoms with Crippen molar-refractivity contribution < 1.29 is 9.13 Å². The molecule has 3 heteroatoms. The van der Waals surface area contributed by atoms with E-state index in [4.69, 9.17) is 4.74 Å². The largest absolute Gasteiger partial charge is 0.494 e. The average Bonchev–Trinajstić information content (AvgIpc) is 2.53. The highest BCUT2D eigenvalue weighted by Crippen LogP contribution is 2.27. The monoisotopic (exact) mass is 287 g/mol. The second-order valence-corrected chi connectivity index (χ2v) is 5.10. The Labute approximate surface area is 126 Å². The van der Waals surface area contributed by atoms with E-state index in [1.54, 1.807) is 12.1 Å². The first-order valence-electron chi connectivity index (χ1n) is 7.39. The predicted octanol–water partition coefficient (Wildman–Crippen LogP) is 5.18. The van der Waals surface area contributed by atoms with Crippen LogP contribution in [0.2, 0.25) is 0 Å². The number of nitrogens with one attached hydrogen (secondary N) is 1. The summed E-state index contributed by atoms with van der Waals surface area (Å²) >= 11 is 0. The lowest BCUT2D eigenvalue weighted by Crippen LogP contribution is -2.11. The van der Waals surface area contributed by atoms with Crippen molar-refractivity contribution >= 4 is 5.69 Å². The lowest BCUT2D eigenvalue weighted by Gasteiger charge is -2.21. The topological polar surface area (TPSA) is 21.3 Å². The van der Waals surface area contributed by atoms with Gasteiger partial charge in [0.15, 0.2) is 11.6 Å². The van der Waals surface area contributed by atoms with Crippen molar-refractivity contribution in [1.29, 1.82) is 0 Å². The number of benzene rings is 2. The van der Waals surface area contributed by atoms with Gasteiger partial charge in [-0.05, 0) is 24.1 Å². The van der Waals surface area contributed by atoms with E-state index in [9.17, 15) is 4.39 Å². The van der Waals surface area contributed by atoms with Gasteiger partial charge in [0.2, 0.25) is 0 Å². The molecule has 0 spiro atoms. The molecule has 2 rings (SSSR count). The van der Waals surface area contributed by atoms with Crippen molar-refractivity contribution in [3.05, 3.63) is 59.9 Å². The Bertz CT molecular complexity index is 556. The maximum Gasteiger partial charge on any atom is 0.165 e. The molecule has 21 heavy (non-hydrogen) atoms. The maximum atomic E-state index is 13.5. The normalized spacial score (nSPS) is 12.0. The molecule has 1 unspecified atom stereocenters. The second-order valence-electron chi connectivity index (χ2n) is 5.10. The van der Waals surface area contributed by atoms with Gasteiger partial charge in [-0.1, -0.05) is 50.1 Å². The molecule has 0 bridgehead atoms. The SMILES string of the molecule is CCCCC(Nc1ccc(F)c(OC)c1)c1ccccc1. The highest BCUT2D eigenvalue weighted by Gasteiger charge is 2.12. The number of hydrogen-bond acceptors (Lipinski definition) is 2. The Balaban J connectivity index is 2.18.